The van der Waals surface area contributed by atoms with Crippen molar-refractivity contribution >= 4 is 11.6 Å². The van der Waals surface area contributed by atoms with Gasteiger partial charge in [0.2, 0.25) is 5.91 Å². The fourth-order valence-electron chi connectivity index (χ4n) is 2.05. The van der Waals surface area contributed by atoms with Crippen molar-refractivity contribution in [2.75, 3.05) is 11.9 Å². The van der Waals surface area contributed by atoms with Gasteiger partial charge in [0.05, 0.1) is 12.6 Å². The topological polar surface area (TPSA) is 64.3 Å². The summed E-state index contributed by atoms with van der Waals surface area (Å²) in [4.78, 5) is 12.1. The molecule has 0 aliphatic rings. The third kappa shape index (κ3) is 4.90. The van der Waals surface area contributed by atoms with Crippen molar-refractivity contribution in [2.45, 2.75) is 25.8 Å². The van der Waals surface area contributed by atoms with Crippen molar-refractivity contribution in [1.82, 2.24) is 0 Å². The van der Waals surface area contributed by atoms with E-state index in [0.717, 1.165) is 23.4 Å². The lowest BCUT2D eigenvalue weighted by molar-refractivity contribution is -0.117. The second-order valence-electron chi connectivity index (χ2n) is 5.16. The Morgan fingerprint density at radius 2 is 1.82 bits per heavy atom. The lowest BCUT2D eigenvalue weighted by Gasteiger charge is -2.13. The molecular formula is C18H22N2O2. The minimum absolute atomic E-state index is 0.189. The molecule has 0 saturated carbocycles. The van der Waals surface area contributed by atoms with Crippen LogP contribution in [-0.4, -0.2) is 18.6 Å². The summed E-state index contributed by atoms with van der Waals surface area (Å²) in [5.74, 6) is 0.611. The maximum Gasteiger partial charge on any atom is 0.241 e. The smallest absolute Gasteiger partial charge is 0.241 e. The monoisotopic (exact) mass is 298 g/mol. The van der Waals surface area contributed by atoms with Gasteiger partial charge in [0, 0.05) is 5.69 Å². The minimum atomic E-state index is -0.571. The lowest BCUT2D eigenvalue weighted by Crippen LogP contribution is -2.37. The van der Waals surface area contributed by atoms with Gasteiger partial charge in [-0.25, -0.2) is 0 Å². The largest absolute Gasteiger partial charge is 0.494 e. The Kier molecular flexibility index (Phi) is 5.98. The van der Waals surface area contributed by atoms with Crippen LogP contribution in [0.4, 0.5) is 5.69 Å². The molecule has 2 aromatic rings. The Hall–Kier alpha value is -2.33. The van der Waals surface area contributed by atoms with Gasteiger partial charge in [-0.3, -0.25) is 4.79 Å². The molecule has 2 rings (SSSR count). The summed E-state index contributed by atoms with van der Waals surface area (Å²) in [5.41, 5.74) is 7.73. The van der Waals surface area contributed by atoms with Crippen molar-refractivity contribution in [3.05, 3.63) is 60.2 Å². The molecule has 0 radical (unpaired) electrons. The molecule has 22 heavy (non-hydrogen) atoms. The van der Waals surface area contributed by atoms with E-state index in [4.69, 9.17) is 10.5 Å². The predicted molar refractivity (Wildman–Crippen MR) is 89.0 cm³/mol. The Balaban J connectivity index is 1.88. The van der Waals surface area contributed by atoms with E-state index in [1.807, 2.05) is 54.6 Å². The highest BCUT2D eigenvalue weighted by Gasteiger charge is 2.14. The van der Waals surface area contributed by atoms with Crippen LogP contribution in [0, 0.1) is 0 Å². The van der Waals surface area contributed by atoms with E-state index in [1.165, 1.54) is 0 Å². The zero-order valence-electron chi connectivity index (χ0n) is 12.8. The number of amides is 1. The second kappa shape index (κ2) is 8.20. The van der Waals surface area contributed by atoms with Crippen LogP contribution in [0.2, 0.25) is 0 Å². The van der Waals surface area contributed by atoms with Crippen LogP contribution in [0.5, 0.6) is 5.75 Å². The van der Waals surface area contributed by atoms with E-state index in [2.05, 4.69) is 12.2 Å². The third-order valence-electron chi connectivity index (χ3n) is 3.23. The number of benzene rings is 2. The van der Waals surface area contributed by atoms with Gasteiger partial charge >= 0.3 is 0 Å². The number of rotatable bonds is 7. The standard InChI is InChI=1S/C18H22N2O2/c1-2-12-22-16-10-8-15(9-11-16)20-18(21)17(19)13-14-6-4-3-5-7-14/h3-11,17H,2,12-13,19H2,1H3,(H,20,21). The molecule has 4 nitrogen and oxygen atoms in total. The van der Waals surface area contributed by atoms with Crippen LogP contribution in [0.1, 0.15) is 18.9 Å². The first-order valence-corrected chi connectivity index (χ1v) is 7.52. The summed E-state index contributed by atoms with van der Waals surface area (Å²) >= 11 is 0. The van der Waals surface area contributed by atoms with Gasteiger partial charge in [0.15, 0.2) is 0 Å². The first-order chi connectivity index (χ1) is 10.7. The highest BCUT2D eigenvalue weighted by atomic mass is 16.5. The number of ether oxygens (including phenoxy) is 1. The summed E-state index contributed by atoms with van der Waals surface area (Å²) in [5, 5.41) is 2.83. The Morgan fingerprint density at radius 1 is 1.14 bits per heavy atom. The van der Waals surface area contributed by atoms with E-state index >= 15 is 0 Å². The molecule has 0 aromatic heterocycles. The van der Waals surface area contributed by atoms with Crippen molar-refractivity contribution in [2.24, 2.45) is 5.73 Å². The van der Waals surface area contributed by atoms with Gasteiger partial charge in [-0.05, 0) is 42.7 Å². The van der Waals surface area contributed by atoms with E-state index in [0.29, 0.717) is 13.0 Å². The summed E-state index contributed by atoms with van der Waals surface area (Å²) in [7, 11) is 0. The summed E-state index contributed by atoms with van der Waals surface area (Å²) < 4.78 is 5.50. The van der Waals surface area contributed by atoms with Crippen molar-refractivity contribution < 1.29 is 9.53 Å². The molecule has 0 heterocycles. The molecule has 0 spiro atoms. The minimum Gasteiger partial charge on any atom is -0.494 e. The Bertz CT molecular complexity index is 582. The van der Waals surface area contributed by atoms with Crippen LogP contribution in [0.15, 0.2) is 54.6 Å². The molecule has 1 atom stereocenters. The van der Waals surface area contributed by atoms with Gasteiger partial charge in [-0.2, -0.15) is 0 Å². The van der Waals surface area contributed by atoms with Gasteiger partial charge in [-0.15, -0.1) is 0 Å². The molecule has 0 aliphatic heterocycles. The quantitative estimate of drug-likeness (QED) is 0.826. The maximum atomic E-state index is 12.1. The number of anilines is 1. The highest BCUT2D eigenvalue weighted by molar-refractivity contribution is 5.94. The summed E-state index contributed by atoms with van der Waals surface area (Å²) in [6.07, 6.45) is 1.48. The number of nitrogens with one attached hydrogen (secondary N) is 1. The molecule has 1 amide bonds. The molecule has 3 N–H and O–H groups in total. The molecule has 1 unspecified atom stereocenters. The number of nitrogens with two attached hydrogens (primary N) is 1. The lowest BCUT2D eigenvalue weighted by atomic mass is 10.1. The Morgan fingerprint density at radius 3 is 2.45 bits per heavy atom. The molecule has 4 heteroatoms. The molecule has 0 aliphatic carbocycles. The van der Waals surface area contributed by atoms with Crippen molar-refractivity contribution in [3.8, 4) is 5.75 Å². The third-order valence-corrected chi connectivity index (χ3v) is 3.23. The number of hydrogen-bond acceptors (Lipinski definition) is 3. The maximum absolute atomic E-state index is 12.1. The van der Waals surface area contributed by atoms with Crippen LogP contribution < -0.4 is 15.8 Å². The van der Waals surface area contributed by atoms with E-state index in [1.54, 1.807) is 0 Å². The molecule has 0 bridgehead atoms. The van der Waals surface area contributed by atoms with Crippen LogP contribution >= 0.6 is 0 Å². The van der Waals surface area contributed by atoms with E-state index in [9.17, 15) is 4.79 Å². The Labute approximate surface area is 131 Å². The molecular weight excluding hydrogens is 276 g/mol. The second-order valence-corrected chi connectivity index (χ2v) is 5.16. The van der Waals surface area contributed by atoms with E-state index in [-0.39, 0.29) is 5.91 Å². The van der Waals surface area contributed by atoms with Crippen molar-refractivity contribution in [1.29, 1.82) is 0 Å². The van der Waals surface area contributed by atoms with Crippen molar-refractivity contribution in [3.63, 3.8) is 0 Å². The summed E-state index contributed by atoms with van der Waals surface area (Å²) in [6, 6.07) is 16.5. The molecule has 116 valence electrons. The van der Waals surface area contributed by atoms with Crippen LogP contribution in [0.3, 0.4) is 0 Å². The average molecular weight is 298 g/mol. The molecule has 2 aromatic carbocycles. The normalized spacial score (nSPS) is 11.7. The van der Waals surface area contributed by atoms with Gasteiger partial charge in [0.25, 0.3) is 0 Å². The zero-order chi connectivity index (χ0) is 15.8. The highest BCUT2D eigenvalue weighted by Crippen LogP contribution is 2.16. The fraction of sp³-hybridized carbons (Fsp3) is 0.278. The fourth-order valence-corrected chi connectivity index (χ4v) is 2.05. The number of carbonyl (C=O) groups is 1. The zero-order valence-corrected chi connectivity index (χ0v) is 12.8. The van der Waals surface area contributed by atoms with E-state index < -0.39 is 6.04 Å². The summed E-state index contributed by atoms with van der Waals surface area (Å²) in [6.45, 7) is 2.75. The molecule has 0 saturated heterocycles. The SMILES string of the molecule is CCCOc1ccc(NC(=O)C(N)Cc2ccccc2)cc1. The van der Waals surface area contributed by atoms with Crippen LogP contribution in [0.25, 0.3) is 0 Å². The number of hydrogen-bond donors (Lipinski definition) is 2. The van der Waals surface area contributed by atoms with Gasteiger partial charge < -0.3 is 15.8 Å². The van der Waals surface area contributed by atoms with Gasteiger partial charge in [-0.1, -0.05) is 37.3 Å². The number of carbonyl (C=O) groups excluding carboxylic acids is 1. The average Bonchev–Trinajstić information content (AvgIpc) is 2.55. The predicted octanol–water partition coefficient (Wildman–Crippen LogP) is 2.98. The first kappa shape index (κ1) is 16.0. The van der Waals surface area contributed by atoms with Gasteiger partial charge in [0.1, 0.15) is 5.75 Å². The first-order valence-electron chi connectivity index (χ1n) is 7.52. The van der Waals surface area contributed by atoms with Crippen LogP contribution in [-0.2, 0) is 11.2 Å². The molecule has 0 fully saturated rings.